The van der Waals surface area contributed by atoms with Crippen molar-refractivity contribution >= 4 is 40.9 Å². The number of guanidine groups is 1. The van der Waals surface area contributed by atoms with E-state index in [0.717, 1.165) is 65.5 Å². The Morgan fingerprint density at radius 2 is 2.08 bits per heavy atom. The van der Waals surface area contributed by atoms with E-state index < -0.39 is 18.1 Å². The number of aromatic nitrogens is 1. The summed E-state index contributed by atoms with van der Waals surface area (Å²) in [5.74, 6) is -2.19. The second kappa shape index (κ2) is 12.7. The first-order valence-corrected chi connectivity index (χ1v) is 13.0. The maximum absolute atomic E-state index is 11.7. The standard InChI is InChI=1S/C23H26N6O3S.C2HF3O2/c30-22(31)12-19(15-4-8-29-16(10-15)13-28-33-29)20-14-27-21-11-17(2-3-18(20)21)32-9-1-5-24-23-25-6-7-26-23;3-2(4,5)1(6)7/h2-4,8,10-11,13-14,19,27-28H,1,5-7,9,12H2,(H,30,31)(H2,24,25,26);(H,6,7). The van der Waals surface area contributed by atoms with E-state index in [1.807, 2.05) is 53.3 Å². The van der Waals surface area contributed by atoms with Crippen molar-refractivity contribution in [2.24, 2.45) is 4.99 Å². The molecule has 0 amide bonds. The molecule has 0 aliphatic carbocycles. The van der Waals surface area contributed by atoms with Crippen LogP contribution in [0, 0.1) is 0 Å². The van der Waals surface area contributed by atoms with E-state index in [2.05, 4.69) is 25.3 Å². The van der Waals surface area contributed by atoms with Crippen molar-refractivity contribution in [3.8, 4) is 5.75 Å². The molecule has 0 fully saturated rings. The van der Waals surface area contributed by atoms with Crippen LogP contribution in [0.15, 0.2) is 65.2 Å². The van der Waals surface area contributed by atoms with Crippen molar-refractivity contribution in [3.63, 3.8) is 0 Å². The summed E-state index contributed by atoms with van der Waals surface area (Å²) in [4.78, 5) is 28.2. The number of nitrogens with one attached hydrogen (secondary N) is 4. The van der Waals surface area contributed by atoms with Gasteiger partial charge in [0.25, 0.3) is 0 Å². The number of ether oxygens (including phenoxy) is 1. The number of rotatable bonds is 9. The van der Waals surface area contributed by atoms with Crippen LogP contribution in [0.2, 0.25) is 0 Å². The van der Waals surface area contributed by atoms with Crippen LogP contribution in [0.4, 0.5) is 13.2 Å². The molecule has 1 atom stereocenters. The first-order valence-electron chi connectivity index (χ1n) is 12.2. The van der Waals surface area contributed by atoms with Gasteiger partial charge in [-0.3, -0.25) is 14.1 Å². The number of benzene rings is 1. The maximum Gasteiger partial charge on any atom is 0.490 e. The number of alkyl halides is 3. The number of halogens is 3. The average Bonchev–Trinajstić information content (AvgIpc) is 3.67. The third-order valence-corrected chi connectivity index (χ3v) is 6.72. The molecule has 3 aliphatic heterocycles. The minimum absolute atomic E-state index is 0.0162. The summed E-state index contributed by atoms with van der Waals surface area (Å²) >= 11 is 1.48. The molecule has 0 saturated carbocycles. The lowest BCUT2D eigenvalue weighted by molar-refractivity contribution is -0.192. The van der Waals surface area contributed by atoms with Gasteiger partial charge in [-0.05, 0) is 41.8 Å². The van der Waals surface area contributed by atoms with Crippen LogP contribution in [0.25, 0.3) is 10.9 Å². The number of allylic oxidation sites excluding steroid dienone is 3. The third kappa shape index (κ3) is 7.43. The topological polar surface area (TPSA) is 151 Å². The molecule has 0 bridgehead atoms. The number of carboxylic acid groups (broad SMARTS) is 2. The van der Waals surface area contributed by atoms with Crippen molar-refractivity contribution in [1.29, 1.82) is 0 Å². The van der Waals surface area contributed by atoms with E-state index in [0.29, 0.717) is 6.61 Å². The summed E-state index contributed by atoms with van der Waals surface area (Å²) in [5.41, 5.74) is 3.88. The molecule has 3 aliphatic rings. The van der Waals surface area contributed by atoms with Crippen LogP contribution < -0.4 is 20.1 Å². The molecule has 0 radical (unpaired) electrons. The summed E-state index contributed by atoms with van der Waals surface area (Å²) in [6.07, 6.45) is 5.61. The largest absolute Gasteiger partial charge is 0.493 e. The zero-order valence-corrected chi connectivity index (χ0v) is 21.8. The van der Waals surface area contributed by atoms with Crippen molar-refractivity contribution in [3.05, 3.63) is 65.8 Å². The number of aliphatic carboxylic acids is 2. The van der Waals surface area contributed by atoms with Crippen LogP contribution in [0.1, 0.15) is 24.3 Å². The number of nitrogens with zero attached hydrogens (tertiary/aromatic N) is 2. The fourth-order valence-electron chi connectivity index (χ4n) is 4.14. The molecule has 0 saturated heterocycles. The minimum atomic E-state index is -5.08. The predicted octanol–water partition coefficient (Wildman–Crippen LogP) is 3.44. The molecule has 11 nitrogen and oxygen atoms in total. The Kier molecular flexibility index (Phi) is 9.14. The lowest BCUT2D eigenvalue weighted by atomic mass is 9.86. The fourth-order valence-corrected chi connectivity index (χ4v) is 4.76. The number of aromatic amines is 1. The smallest absolute Gasteiger partial charge is 0.490 e. The average molecular weight is 581 g/mol. The number of hydrogen-bond acceptors (Lipinski definition) is 9. The zero-order valence-electron chi connectivity index (χ0n) is 21.0. The molecule has 6 N–H and O–H groups in total. The molecule has 4 heterocycles. The van der Waals surface area contributed by atoms with Gasteiger partial charge in [-0.15, -0.1) is 0 Å². The van der Waals surface area contributed by atoms with E-state index in [1.165, 1.54) is 12.1 Å². The minimum Gasteiger partial charge on any atom is -0.493 e. The Hall–Kier alpha value is -4.27. The molecule has 214 valence electrons. The molecule has 1 aromatic carbocycles. The molecule has 2 aromatic rings. The third-order valence-electron chi connectivity index (χ3n) is 5.97. The molecular formula is C25H27F3N6O5S. The summed E-state index contributed by atoms with van der Waals surface area (Å²) in [5, 5.41) is 24.2. The van der Waals surface area contributed by atoms with Crippen molar-refractivity contribution < 1.29 is 37.7 Å². The lowest BCUT2D eigenvalue weighted by Crippen LogP contribution is -2.34. The highest BCUT2D eigenvalue weighted by atomic mass is 32.2. The van der Waals surface area contributed by atoms with Gasteiger partial charge in [0.15, 0.2) is 5.96 Å². The van der Waals surface area contributed by atoms with Crippen molar-refractivity contribution in [1.82, 2.24) is 24.6 Å². The molecule has 15 heteroatoms. The van der Waals surface area contributed by atoms with Gasteiger partial charge in [0, 0.05) is 54.6 Å². The Morgan fingerprint density at radius 1 is 1.27 bits per heavy atom. The quantitative estimate of drug-likeness (QED) is 0.192. The van der Waals surface area contributed by atoms with Crippen LogP contribution in [0.5, 0.6) is 5.75 Å². The van der Waals surface area contributed by atoms with Crippen LogP contribution >= 0.6 is 12.1 Å². The Morgan fingerprint density at radius 3 is 2.77 bits per heavy atom. The summed E-state index contributed by atoms with van der Waals surface area (Å²) in [7, 11) is 0. The molecule has 0 spiro atoms. The second-order valence-corrected chi connectivity index (χ2v) is 9.57. The van der Waals surface area contributed by atoms with Crippen molar-refractivity contribution in [2.45, 2.75) is 24.9 Å². The van der Waals surface area contributed by atoms with Gasteiger partial charge in [-0.1, -0.05) is 0 Å². The van der Waals surface area contributed by atoms with Gasteiger partial charge in [0.1, 0.15) is 5.75 Å². The number of aliphatic imine (C=N–C) groups is 1. The summed E-state index contributed by atoms with van der Waals surface area (Å²) in [6.45, 7) is 3.10. The van der Waals surface area contributed by atoms with Gasteiger partial charge >= 0.3 is 18.1 Å². The molecule has 1 aromatic heterocycles. The van der Waals surface area contributed by atoms with E-state index in [-0.39, 0.29) is 12.3 Å². The van der Waals surface area contributed by atoms with Gasteiger partial charge in [-0.2, -0.15) is 13.2 Å². The Labute approximate surface area is 231 Å². The number of hydrogen-bond donors (Lipinski definition) is 6. The fraction of sp³-hybridized carbons (Fsp3) is 0.320. The maximum atomic E-state index is 11.7. The van der Waals surface area contributed by atoms with E-state index in [4.69, 9.17) is 14.6 Å². The van der Waals surface area contributed by atoms with Gasteiger partial charge < -0.3 is 35.3 Å². The van der Waals surface area contributed by atoms with E-state index in [1.54, 1.807) is 0 Å². The van der Waals surface area contributed by atoms with Crippen LogP contribution in [-0.2, 0) is 9.59 Å². The zero-order chi connectivity index (χ0) is 28.7. The SMILES string of the molecule is O=C(O)C(F)(F)F.O=C(O)CC(C1=CC2=CNSN2C=C1)c1c[nH]c2cc(OCCCNC3=NCCN3)ccc12. The highest BCUT2D eigenvalue weighted by Gasteiger charge is 2.38. The lowest BCUT2D eigenvalue weighted by Gasteiger charge is -2.22. The van der Waals surface area contributed by atoms with Crippen LogP contribution in [-0.4, -0.2) is 69.8 Å². The second-order valence-electron chi connectivity index (χ2n) is 8.75. The summed E-state index contributed by atoms with van der Waals surface area (Å²) < 4.78 is 42.8. The van der Waals surface area contributed by atoms with Gasteiger partial charge in [0.2, 0.25) is 0 Å². The molecule has 5 rings (SSSR count). The first-order chi connectivity index (χ1) is 19.1. The van der Waals surface area contributed by atoms with Gasteiger partial charge in [-0.25, -0.2) is 4.79 Å². The monoisotopic (exact) mass is 580 g/mol. The molecule has 40 heavy (non-hydrogen) atoms. The van der Waals surface area contributed by atoms with Gasteiger partial charge in [0.05, 0.1) is 37.4 Å². The number of carbonyl (C=O) groups is 2. The van der Waals surface area contributed by atoms with Crippen molar-refractivity contribution in [2.75, 3.05) is 26.2 Å². The highest BCUT2D eigenvalue weighted by Crippen LogP contribution is 2.39. The number of H-pyrrole nitrogens is 1. The van der Waals surface area contributed by atoms with Crippen LogP contribution in [0.3, 0.4) is 0 Å². The summed E-state index contributed by atoms with van der Waals surface area (Å²) in [6, 6.07) is 5.92. The molecule has 1 unspecified atom stereocenters. The molecular weight excluding hydrogens is 553 g/mol. The Balaban J connectivity index is 0.000000470. The normalized spacial score (nSPS) is 16.5. The highest BCUT2D eigenvalue weighted by molar-refractivity contribution is 7.95. The number of fused-ring (bicyclic) bond motifs is 2. The first kappa shape index (κ1) is 28.7. The van der Waals surface area contributed by atoms with E-state index >= 15 is 0 Å². The predicted molar refractivity (Wildman–Crippen MR) is 143 cm³/mol. The van der Waals surface area contributed by atoms with E-state index in [9.17, 15) is 23.1 Å². The Bertz CT molecular complexity index is 1370. The number of carboxylic acids is 2.